The molecule has 2 unspecified atom stereocenters. The summed E-state index contributed by atoms with van der Waals surface area (Å²) >= 11 is 0. The Hall–Kier alpha value is -0.0800. The van der Waals surface area contributed by atoms with Crippen LogP contribution in [0.5, 0.6) is 0 Å². The number of rotatable bonds is 2. The molecule has 1 aliphatic heterocycles. The van der Waals surface area contributed by atoms with Crippen molar-refractivity contribution in [1.82, 2.24) is 10.6 Å². The van der Waals surface area contributed by atoms with Gasteiger partial charge in [-0.25, -0.2) is 0 Å². The third-order valence-corrected chi connectivity index (χ3v) is 2.59. The van der Waals surface area contributed by atoms with Gasteiger partial charge in [0.1, 0.15) is 0 Å². The van der Waals surface area contributed by atoms with Gasteiger partial charge in [-0.05, 0) is 40.5 Å². The van der Waals surface area contributed by atoms with Gasteiger partial charge in [-0.3, -0.25) is 0 Å². The second-order valence-electron chi connectivity index (χ2n) is 5.33. The second-order valence-corrected chi connectivity index (χ2v) is 5.33. The summed E-state index contributed by atoms with van der Waals surface area (Å²) in [5.41, 5.74) is 0.252. The number of hydrogen-bond donors (Lipinski definition) is 2. The molecule has 0 radical (unpaired) electrons. The van der Waals surface area contributed by atoms with Crippen LogP contribution in [0.4, 0.5) is 0 Å². The van der Waals surface area contributed by atoms with E-state index in [1.54, 1.807) is 0 Å². The van der Waals surface area contributed by atoms with Crippen molar-refractivity contribution in [2.45, 2.75) is 64.6 Å². The first-order chi connectivity index (χ1) is 5.97. The van der Waals surface area contributed by atoms with Crippen LogP contribution in [-0.4, -0.2) is 24.2 Å². The third-order valence-electron chi connectivity index (χ3n) is 2.59. The minimum atomic E-state index is 0.252. The molecule has 2 nitrogen and oxygen atoms in total. The van der Waals surface area contributed by atoms with E-state index in [0.29, 0.717) is 12.1 Å². The zero-order valence-corrected chi connectivity index (χ0v) is 9.48. The summed E-state index contributed by atoms with van der Waals surface area (Å²) in [5.74, 6) is 0. The van der Waals surface area contributed by atoms with Crippen molar-refractivity contribution < 1.29 is 0 Å². The maximum atomic E-state index is 3.63. The van der Waals surface area contributed by atoms with Crippen molar-refractivity contribution >= 4 is 0 Å². The second kappa shape index (κ2) is 4.43. The molecule has 0 amide bonds. The molecular weight excluding hydrogens is 160 g/mol. The summed E-state index contributed by atoms with van der Waals surface area (Å²) in [6, 6.07) is 1.39. The van der Waals surface area contributed by atoms with Crippen LogP contribution < -0.4 is 10.6 Å². The van der Waals surface area contributed by atoms with E-state index in [4.69, 9.17) is 0 Å². The van der Waals surface area contributed by atoms with Crippen LogP contribution >= 0.6 is 0 Å². The van der Waals surface area contributed by atoms with Crippen LogP contribution in [0, 0.1) is 0 Å². The average Bonchev–Trinajstić information content (AvgIpc) is 2.00. The van der Waals surface area contributed by atoms with E-state index in [2.05, 4.69) is 38.3 Å². The van der Waals surface area contributed by atoms with E-state index in [1.165, 1.54) is 19.3 Å². The first-order valence-electron chi connectivity index (χ1n) is 5.48. The van der Waals surface area contributed by atoms with E-state index in [9.17, 15) is 0 Å². The Morgan fingerprint density at radius 1 is 1.31 bits per heavy atom. The maximum absolute atomic E-state index is 3.63. The van der Waals surface area contributed by atoms with Crippen molar-refractivity contribution in [1.29, 1.82) is 0 Å². The Morgan fingerprint density at radius 3 is 2.54 bits per heavy atom. The molecule has 78 valence electrons. The zero-order valence-electron chi connectivity index (χ0n) is 9.48. The highest BCUT2D eigenvalue weighted by molar-refractivity contribution is 4.82. The van der Waals surface area contributed by atoms with Gasteiger partial charge in [0.15, 0.2) is 0 Å². The monoisotopic (exact) mass is 184 g/mol. The molecule has 0 spiro atoms. The van der Waals surface area contributed by atoms with E-state index in [0.717, 1.165) is 6.54 Å². The van der Waals surface area contributed by atoms with Gasteiger partial charge in [0, 0.05) is 24.2 Å². The smallest absolute Gasteiger partial charge is 0.0195 e. The molecule has 13 heavy (non-hydrogen) atoms. The highest BCUT2D eigenvalue weighted by Crippen LogP contribution is 2.12. The van der Waals surface area contributed by atoms with Crippen molar-refractivity contribution in [3.8, 4) is 0 Å². The Kier molecular flexibility index (Phi) is 3.74. The standard InChI is InChI=1S/C11H24N2/c1-9-6-5-7-10(13-9)8-12-11(2,3)4/h9-10,12-13H,5-8H2,1-4H3. The fourth-order valence-electron chi connectivity index (χ4n) is 1.83. The van der Waals surface area contributed by atoms with Gasteiger partial charge in [0.25, 0.3) is 0 Å². The van der Waals surface area contributed by atoms with Crippen LogP contribution in [-0.2, 0) is 0 Å². The Balaban J connectivity index is 2.21. The molecule has 2 atom stereocenters. The summed E-state index contributed by atoms with van der Waals surface area (Å²) in [4.78, 5) is 0. The lowest BCUT2D eigenvalue weighted by atomic mass is 9.98. The van der Waals surface area contributed by atoms with Gasteiger partial charge in [-0.1, -0.05) is 6.42 Å². The van der Waals surface area contributed by atoms with Crippen molar-refractivity contribution in [2.75, 3.05) is 6.54 Å². The Labute approximate surface area is 82.5 Å². The predicted octanol–water partition coefficient (Wildman–Crippen LogP) is 1.91. The molecule has 2 N–H and O–H groups in total. The quantitative estimate of drug-likeness (QED) is 0.685. The van der Waals surface area contributed by atoms with Gasteiger partial charge in [0.05, 0.1) is 0 Å². The average molecular weight is 184 g/mol. The molecule has 0 aromatic rings. The molecule has 1 saturated heterocycles. The number of nitrogens with one attached hydrogen (secondary N) is 2. The van der Waals surface area contributed by atoms with Gasteiger partial charge >= 0.3 is 0 Å². The molecule has 0 aliphatic carbocycles. The molecule has 1 rings (SSSR count). The molecule has 0 aromatic carbocycles. The largest absolute Gasteiger partial charge is 0.311 e. The zero-order chi connectivity index (χ0) is 9.90. The molecule has 2 heteroatoms. The first-order valence-corrected chi connectivity index (χ1v) is 5.48. The molecule has 0 saturated carbocycles. The maximum Gasteiger partial charge on any atom is 0.0195 e. The molecular formula is C11H24N2. The third kappa shape index (κ3) is 4.63. The van der Waals surface area contributed by atoms with Crippen LogP contribution in [0.1, 0.15) is 47.0 Å². The van der Waals surface area contributed by atoms with Crippen LogP contribution in [0.25, 0.3) is 0 Å². The highest BCUT2D eigenvalue weighted by Gasteiger charge is 2.19. The lowest BCUT2D eigenvalue weighted by Gasteiger charge is -2.31. The lowest BCUT2D eigenvalue weighted by molar-refractivity contribution is 0.299. The summed E-state index contributed by atoms with van der Waals surface area (Å²) in [6.45, 7) is 10.1. The van der Waals surface area contributed by atoms with Crippen LogP contribution in [0.2, 0.25) is 0 Å². The fourth-order valence-corrected chi connectivity index (χ4v) is 1.83. The molecule has 0 aromatic heterocycles. The minimum Gasteiger partial charge on any atom is -0.311 e. The van der Waals surface area contributed by atoms with Crippen molar-refractivity contribution in [2.24, 2.45) is 0 Å². The van der Waals surface area contributed by atoms with E-state index < -0.39 is 0 Å². The summed E-state index contributed by atoms with van der Waals surface area (Å²) in [7, 11) is 0. The SMILES string of the molecule is CC1CCCC(CNC(C)(C)C)N1. The van der Waals surface area contributed by atoms with Crippen LogP contribution in [0.15, 0.2) is 0 Å². The van der Waals surface area contributed by atoms with E-state index in [-0.39, 0.29) is 5.54 Å². The molecule has 1 aliphatic rings. The summed E-state index contributed by atoms with van der Waals surface area (Å²) in [6.07, 6.45) is 4.05. The molecule has 1 heterocycles. The van der Waals surface area contributed by atoms with E-state index >= 15 is 0 Å². The van der Waals surface area contributed by atoms with Gasteiger partial charge in [0.2, 0.25) is 0 Å². The Morgan fingerprint density at radius 2 is 2.00 bits per heavy atom. The number of hydrogen-bond acceptors (Lipinski definition) is 2. The van der Waals surface area contributed by atoms with Gasteiger partial charge < -0.3 is 10.6 Å². The van der Waals surface area contributed by atoms with E-state index in [1.807, 2.05) is 0 Å². The van der Waals surface area contributed by atoms with Crippen LogP contribution in [0.3, 0.4) is 0 Å². The van der Waals surface area contributed by atoms with Crippen molar-refractivity contribution in [3.05, 3.63) is 0 Å². The predicted molar refractivity (Wildman–Crippen MR) is 58.0 cm³/mol. The normalized spacial score (nSPS) is 30.5. The summed E-state index contributed by atoms with van der Waals surface area (Å²) < 4.78 is 0. The first kappa shape index (κ1) is 11.0. The topological polar surface area (TPSA) is 24.1 Å². The summed E-state index contributed by atoms with van der Waals surface area (Å²) in [5, 5.41) is 7.18. The van der Waals surface area contributed by atoms with Gasteiger partial charge in [-0.15, -0.1) is 0 Å². The number of piperidine rings is 1. The molecule has 1 fully saturated rings. The van der Waals surface area contributed by atoms with Crippen molar-refractivity contribution in [3.63, 3.8) is 0 Å². The van der Waals surface area contributed by atoms with Gasteiger partial charge in [-0.2, -0.15) is 0 Å². The molecule has 0 bridgehead atoms. The minimum absolute atomic E-state index is 0.252. The fraction of sp³-hybridized carbons (Fsp3) is 1.00. The Bertz CT molecular complexity index is 149. The highest BCUT2D eigenvalue weighted by atomic mass is 15.0. The lowest BCUT2D eigenvalue weighted by Crippen LogP contribution is -2.50.